The minimum Gasteiger partial charge on any atom is -0.491 e. The Balaban J connectivity index is 2.08. The van der Waals surface area contributed by atoms with Crippen molar-refractivity contribution in [1.29, 1.82) is 0 Å². The third kappa shape index (κ3) is 6.19. The standard InChI is InChI=1S/C21H25NO6/c1-4-14(3)28-17-9-7-16(8-10-17)22-21(25)15-6-11-18(27-13-20(23)24)19(12-15)26-5-2/h6-12,14H,4-5,13H2,1-3H3,(H,22,25)(H,23,24). The van der Waals surface area contributed by atoms with Gasteiger partial charge in [-0.1, -0.05) is 6.92 Å². The zero-order chi connectivity index (χ0) is 20.5. The van der Waals surface area contributed by atoms with Crippen LogP contribution in [0.1, 0.15) is 37.6 Å². The highest BCUT2D eigenvalue weighted by atomic mass is 16.5. The van der Waals surface area contributed by atoms with Crippen LogP contribution in [0, 0.1) is 0 Å². The highest BCUT2D eigenvalue weighted by molar-refractivity contribution is 6.04. The topological polar surface area (TPSA) is 94.1 Å². The Morgan fingerprint density at radius 1 is 1.04 bits per heavy atom. The van der Waals surface area contributed by atoms with Crippen molar-refractivity contribution in [2.45, 2.75) is 33.3 Å². The number of carboxylic acids is 1. The number of hydrogen-bond donors (Lipinski definition) is 2. The van der Waals surface area contributed by atoms with E-state index in [1.807, 2.05) is 13.8 Å². The van der Waals surface area contributed by atoms with Crippen LogP contribution in [-0.4, -0.2) is 36.3 Å². The van der Waals surface area contributed by atoms with E-state index in [2.05, 4.69) is 5.32 Å². The molecular weight excluding hydrogens is 362 g/mol. The highest BCUT2D eigenvalue weighted by Crippen LogP contribution is 2.29. The summed E-state index contributed by atoms with van der Waals surface area (Å²) >= 11 is 0. The van der Waals surface area contributed by atoms with Gasteiger partial charge < -0.3 is 24.6 Å². The normalized spacial score (nSPS) is 11.4. The Labute approximate surface area is 164 Å². The first-order chi connectivity index (χ1) is 13.4. The SMILES string of the molecule is CCOc1cc(C(=O)Nc2ccc(OC(C)CC)cc2)ccc1OCC(=O)O. The summed E-state index contributed by atoms with van der Waals surface area (Å²) in [7, 11) is 0. The van der Waals surface area contributed by atoms with Gasteiger partial charge in [-0.2, -0.15) is 0 Å². The molecule has 0 aliphatic heterocycles. The molecule has 0 saturated carbocycles. The number of benzene rings is 2. The van der Waals surface area contributed by atoms with E-state index in [4.69, 9.17) is 19.3 Å². The van der Waals surface area contributed by atoms with Crippen LogP contribution in [0.15, 0.2) is 42.5 Å². The van der Waals surface area contributed by atoms with E-state index >= 15 is 0 Å². The van der Waals surface area contributed by atoms with Crippen molar-refractivity contribution in [2.75, 3.05) is 18.5 Å². The predicted octanol–water partition coefficient (Wildman–Crippen LogP) is 3.98. The molecule has 0 radical (unpaired) electrons. The van der Waals surface area contributed by atoms with Crippen LogP contribution < -0.4 is 19.5 Å². The van der Waals surface area contributed by atoms with E-state index in [1.54, 1.807) is 37.3 Å². The second-order valence-corrected chi connectivity index (χ2v) is 6.09. The van der Waals surface area contributed by atoms with E-state index in [0.29, 0.717) is 23.6 Å². The number of amides is 1. The Hall–Kier alpha value is -3.22. The summed E-state index contributed by atoms with van der Waals surface area (Å²) in [6, 6.07) is 11.7. The third-order valence-corrected chi connectivity index (χ3v) is 3.88. The number of carbonyl (C=O) groups is 2. The number of hydrogen-bond acceptors (Lipinski definition) is 5. The van der Waals surface area contributed by atoms with Gasteiger partial charge in [0, 0.05) is 11.3 Å². The molecule has 0 aliphatic rings. The number of nitrogens with one attached hydrogen (secondary N) is 1. The van der Waals surface area contributed by atoms with E-state index in [9.17, 15) is 9.59 Å². The lowest BCUT2D eigenvalue weighted by atomic mass is 10.1. The summed E-state index contributed by atoms with van der Waals surface area (Å²) < 4.78 is 16.4. The molecule has 0 bridgehead atoms. The van der Waals surface area contributed by atoms with E-state index < -0.39 is 12.6 Å². The van der Waals surface area contributed by atoms with Gasteiger partial charge >= 0.3 is 5.97 Å². The maximum absolute atomic E-state index is 12.5. The quantitative estimate of drug-likeness (QED) is 0.640. The van der Waals surface area contributed by atoms with Crippen LogP contribution in [-0.2, 0) is 4.79 Å². The first kappa shape index (κ1) is 21.1. The van der Waals surface area contributed by atoms with Gasteiger partial charge in [-0.05, 0) is 62.7 Å². The van der Waals surface area contributed by atoms with Crippen LogP contribution in [0.5, 0.6) is 17.2 Å². The van der Waals surface area contributed by atoms with Crippen molar-refractivity contribution in [1.82, 2.24) is 0 Å². The van der Waals surface area contributed by atoms with Crippen molar-refractivity contribution in [2.24, 2.45) is 0 Å². The van der Waals surface area contributed by atoms with Crippen molar-refractivity contribution < 1.29 is 28.9 Å². The fourth-order valence-corrected chi connectivity index (χ4v) is 2.31. The number of ether oxygens (including phenoxy) is 3. The molecule has 28 heavy (non-hydrogen) atoms. The number of rotatable bonds is 10. The fraction of sp³-hybridized carbons (Fsp3) is 0.333. The van der Waals surface area contributed by atoms with Gasteiger partial charge in [-0.25, -0.2) is 4.79 Å². The molecule has 2 rings (SSSR count). The molecule has 0 fully saturated rings. The van der Waals surface area contributed by atoms with E-state index in [0.717, 1.165) is 12.2 Å². The molecule has 2 N–H and O–H groups in total. The van der Waals surface area contributed by atoms with Crippen molar-refractivity contribution >= 4 is 17.6 Å². The molecule has 0 spiro atoms. The van der Waals surface area contributed by atoms with Crippen LogP contribution >= 0.6 is 0 Å². The second-order valence-electron chi connectivity index (χ2n) is 6.09. The van der Waals surface area contributed by atoms with Gasteiger partial charge in [-0.15, -0.1) is 0 Å². The molecule has 1 amide bonds. The summed E-state index contributed by atoms with van der Waals surface area (Å²) in [6.45, 7) is 5.70. The Morgan fingerprint density at radius 2 is 1.75 bits per heavy atom. The van der Waals surface area contributed by atoms with E-state index in [1.165, 1.54) is 12.1 Å². The van der Waals surface area contributed by atoms with Crippen LogP contribution in [0.4, 0.5) is 5.69 Å². The zero-order valence-electron chi connectivity index (χ0n) is 16.2. The summed E-state index contributed by atoms with van der Waals surface area (Å²) in [6.07, 6.45) is 1.03. The van der Waals surface area contributed by atoms with Crippen molar-refractivity contribution in [3.8, 4) is 17.2 Å². The molecule has 0 heterocycles. The summed E-state index contributed by atoms with van der Waals surface area (Å²) in [5.41, 5.74) is 0.997. The predicted molar refractivity (Wildman–Crippen MR) is 106 cm³/mol. The first-order valence-corrected chi connectivity index (χ1v) is 9.12. The van der Waals surface area contributed by atoms with Crippen LogP contribution in [0.2, 0.25) is 0 Å². The summed E-state index contributed by atoms with van der Waals surface area (Å²) in [5.74, 6) is -0.0849. The van der Waals surface area contributed by atoms with Crippen LogP contribution in [0.3, 0.4) is 0 Å². The van der Waals surface area contributed by atoms with Crippen LogP contribution in [0.25, 0.3) is 0 Å². The maximum Gasteiger partial charge on any atom is 0.341 e. The molecule has 0 aliphatic carbocycles. The average molecular weight is 387 g/mol. The van der Waals surface area contributed by atoms with Gasteiger partial charge in [0.15, 0.2) is 18.1 Å². The monoisotopic (exact) mass is 387 g/mol. The molecule has 2 aromatic rings. The van der Waals surface area contributed by atoms with Crippen molar-refractivity contribution in [3.05, 3.63) is 48.0 Å². The largest absolute Gasteiger partial charge is 0.491 e. The molecule has 1 atom stereocenters. The molecule has 0 aromatic heterocycles. The van der Waals surface area contributed by atoms with Gasteiger partial charge in [0.2, 0.25) is 0 Å². The lowest BCUT2D eigenvalue weighted by molar-refractivity contribution is -0.139. The first-order valence-electron chi connectivity index (χ1n) is 9.12. The van der Waals surface area contributed by atoms with Gasteiger partial charge in [0.1, 0.15) is 5.75 Å². The molecule has 7 heteroatoms. The molecule has 0 saturated heterocycles. The number of carbonyl (C=O) groups excluding carboxylic acids is 1. The molecule has 1 unspecified atom stereocenters. The lowest BCUT2D eigenvalue weighted by Crippen LogP contribution is -2.14. The maximum atomic E-state index is 12.5. The minimum atomic E-state index is -1.09. The molecule has 150 valence electrons. The van der Waals surface area contributed by atoms with Gasteiger partial charge in [0.25, 0.3) is 5.91 Å². The summed E-state index contributed by atoms with van der Waals surface area (Å²) in [4.78, 5) is 23.2. The van der Waals surface area contributed by atoms with Gasteiger partial charge in [-0.3, -0.25) is 4.79 Å². The third-order valence-electron chi connectivity index (χ3n) is 3.88. The number of anilines is 1. The Kier molecular flexibility index (Phi) is 7.68. The summed E-state index contributed by atoms with van der Waals surface area (Å²) in [5, 5.41) is 11.6. The lowest BCUT2D eigenvalue weighted by Gasteiger charge is -2.14. The van der Waals surface area contributed by atoms with Crippen molar-refractivity contribution in [3.63, 3.8) is 0 Å². The van der Waals surface area contributed by atoms with Gasteiger partial charge in [0.05, 0.1) is 12.7 Å². The smallest absolute Gasteiger partial charge is 0.341 e. The average Bonchev–Trinajstić information content (AvgIpc) is 2.68. The Bertz CT molecular complexity index is 803. The van der Waals surface area contributed by atoms with E-state index in [-0.39, 0.29) is 17.8 Å². The molecule has 7 nitrogen and oxygen atoms in total. The molecular formula is C21H25NO6. The fourth-order valence-electron chi connectivity index (χ4n) is 2.31. The highest BCUT2D eigenvalue weighted by Gasteiger charge is 2.13. The Morgan fingerprint density at radius 3 is 2.36 bits per heavy atom. The second kappa shape index (κ2) is 10.2. The minimum absolute atomic E-state index is 0.124. The zero-order valence-corrected chi connectivity index (χ0v) is 16.2. The number of carboxylic acid groups (broad SMARTS) is 1. The molecule has 2 aromatic carbocycles. The number of aliphatic carboxylic acids is 1.